The van der Waals surface area contributed by atoms with Gasteiger partial charge in [0.2, 0.25) is 11.8 Å². The van der Waals surface area contributed by atoms with E-state index in [-0.39, 0.29) is 36.6 Å². The summed E-state index contributed by atoms with van der Waals surface area (Å²) in [5.74, 6) is -0.679. The molecule has 0 saturated carbocycles. The summed E-state index contributed by atoms with van der Waals surface area (Å²) < 4.78 is 5.51. The lowest BCUT2D eigenvalue weighted by molar-refractivity contribution is -0.141. The van der Waals surface area contributed by atoms with E-state index in [0.717, 1.165) is 16.7 Å². The fourth-order valence-corrected chi connectivity index (χ4v) is 3.54. The Morgan fingerprint density at radius 2 is 1.60 bits per heavy atom. The fourth-order valence-electron chi connectivity index (χ4n) is 3.54. The summed E-state index contributed by atoms with van der Waals surface area (Å²) in [6.07, 6.45) is 5.13. The zero-order valence-corrected chi connectivity index (χ0v) is 14.9. The molecule has 2 aliphatic rings. The minimum Gasteiger partial charge on any atom is -0.426 e. The summed E-state index contributed by atoms with van der Waals surface area (Å²) in [4.78, 5) is 38.3. The summed E-state index contributed by atoms with van der Waals surface area (Å²) in [6.45, 7) is 5.85. The van der Waals surface area contributed by atoms with Crippen LogP contribution in [0.15, 0.2) is 24.3 Å². The summed E-state index contributed by atoms with van der Waals surface area (Å²) in [6, 6.07) is 3.90. The van der Waals surface area contributed by atoms with Crippen molar-refractivity contribution in [1.29, 1.82) is 0 Å². The van der Waals surface area contributed by atoms with Crippen LogP contribution in [-0.2, 0) is 14.4 Å². The highest BCUT2D eigenvalue weighted by atomic mass is 16.5. The Kier molecular flexibility index (Phi) is 4.75. The van der Waals surface area contributed by atoms with Crippen LogP contribution in [0.25, 0.3) is 0 Å². The number of esters is 1. The van der Waals surface area contributed by atoms with Crippen molar-refractivity contribution >= 4 is 17.8 Å². The fraction of sp³-hybridized carbons (Fsp3) is 0.450. The number of benzene rings is 1. The quantitative estimate of drug-likeness (QED) is 0.366. The van der Waals surface area contributed by atoms with E-state index in [0.29, 0.717) is 18.6 Å². The van der Waals surface area contributed by atoms with Crippen LogP contribution in [-0.4, -0.2) is 29.2 Å². The van der Waals surface area contributed by atoms with Gasteiger partial charge in [0.25, 0.3) is 0 Å². The molecular weight excluding hydrogens is 318 g/mol. The molecule has 0 unspecified atom stereocenters. The third-order valence-corrected chi connectivity index (χ3v) is 5.23. The number of fused-ring (bicyclic) bond motifs is 1. The van der Waals surface area contributed by atoms with Crippen molar-refractivity contribution in [3.63, 3.8) is 0 Å². The van der Waals surface area contributed by atoms with Crippen LogP contribution < -0.4 is 4.74 Å². The van der Waals surface area contributed by atoms with E-state index in [2.05, 4.69) is 0 Å². The van der Waals surface area contributed by atoms with E-state index in [1.165, 1.54) is 4.90 Å². The Bertz CT molecular complexity index is 739. The molecule has 1 fully saturated rings. The Morgan fingerprint density at radius 3 is 2.20 bits per heavy atom. The highest BCUT2D eigenvalue weighted by Gasteiger charge is 2.46. The molecule has 1 aliphatic carbocycles. The molecule has 3 rings (SSSR count). The average molecular weight is 341 g/mol. The first-order valence-corrected chi connectivity index (χ1v) is 8.68. The zero-order valence-electron chi connectivity index (χ0n) is 14.9. The lowest BCUT2D eigenvalue weighted by atomic mass is 9.85. The smallest absolute Gasteiger partial charge is 0.313 e. The minimum absolute atomic E-state index is 0.0111. The lowest BCUT2D eigenvalue weighted by Gasteiger charge is -2.15. The van der Waals surface area contributed by atoms with Gasteiger partial charge in [0, 0.05) is 6.54 Å². The van der Waals surface area contributed by atoms with Crippen molar-refractivity contribution in [1.82, 2.24) is 4.90 Å². The van der Waals surface area contributed by atoms with E-state index in [9.17, 15) is 14.4 Å². The van der Waals surface area contributed by atoms with E-state index in [1.54, 1.807) is 0 Å². The Hall–Kier alpha value is -2.43. The normalized spacial score (nSPS) is 22.3. The molecule has 0 aromatic heterocycles. The molecule has 1 saturated heterocycles. The van der Waals surface area contributed by atoms with Crippen molar-refractivity contribution in [2.75, 3.05) is 6.54 Å². The number of aryl methyl sites for hydroxylation is 2. The number of carbonyl (C=O) groups is 3. The number of allylic oxidation sites excluding steroid dienone is 2. The highest BCUT2D eigenvalue weighted by Crippen LogP contribution is 2.35. The second-order valence-corrected chi connectivity index (χ2v) is 6.86. The number of amides is 2. The van der Waals surface area contributed by atoms with Gasteiger partial charge in [0.05, 0.1) is 18.3 Å². The van der Waals surface area contributed by atoms with Gasteiger partial charge in [-0.2, -0.15) is 0 Å². The molecule has 0 bridgehead atoms. The van der Waals surface area contributed by atoms with Gasteiger partial charge in [-0.15, -0.1) is 0 Å². The van der Waals surface area contributed by atoms with Gasteiger partial charge in [-0.25, -0.2) is 0 Å². The number of nitrogens with zero attached hydrogens (tertiary/aromatic N) is 1. The average Bonchev–Trinajstić information content (AvgIpc) is 2.85. The van der Waals surface area contributed by atoms with Crippen molar-refractivity contribution < 1.29 is 19.1 Å². The van der Waals surface area contributed by atoms with Gasteiger partial charge in [0.1, 0.15) is 5.75 Å². The molecule has 5 nitrogen and oxygen atoms in total. The molecule has 1 aromatic rings. The van der Waals surface area contributed by atoms with Crippen molar-refractivity contribution in [2.24, 2.45) is 11.8 Å². The number of hydrogen-bond donors (Lipinski definition) is 0. The van der Waals surface area contributed by atoms with Crippen LogP contribution in [0.5, 0.6) is 5.75 Å². The number of rotatable bonds is 4. The minimum atomic E-state index is -0.426. The molecule has 2 amide bonds. The van der Waals surface area contributed by atoms with Crippen LogP contribution in [0.4, 0.5) is 0 Å². The third kappa shape index (κ3) is 3.23. The molecule has 0 N–H and O–H groups in total. The van der Waals surface area contributed by atoms with Crippen molar-refractivity contribution in [3.8, 4) is 5.75 Å². The largest absolute Gasteiger partial charge is 0.426 e. The topological polar surface area (TPSA) is 63.7 Å². The monoisotopic (exact) mass is 341 g/mol. The molecule has 0 spiro atoms. The maximum absolute atomic E-state index is 12.4. The number of imide groups is 1. The van der Waals surface area contributed by atoms with Crippen LogP contribution in [0.3, 0.4) is 0 Å². The van der Waals surface area contributed by atoms with Gasteiger partial charge in [-0.3, -0.25) is 19.3 Å². The van der Waals surface area contributed by atoms with Crippen LogP contribution in [0.1, 0.15) is 36.0 Å². The first kappa shape index (κ1) is 17.4. The van der Waals surface area contributed by atoms with Crippen molar-refractivity contribution in [2.45, 2.75) is 40.0 Å². The van der Waals surface area contributed by atoms with E-state index in [1.807, 2.05) is 45.1 Å². The number of ether oxygens (including phenoxy) is 1. The SMILES string of the molecule is Cc1ccc(C)c(OC(=O)CCN2C(=O)[C@@H]3CC=CC[C@H]3C2=O)c1C. The molecule has 1 aromatic carbocycles. The highest BCUT2D eigenvalue weighted by molar-refractivity contribution is 6.05. The molecule has 1 aliphatic heterocycles. The standard InChI is InChI=1S/C20H23NO4/c1-12-8-9-13(2)18(14(12)3)25-17(22)10-11-21-19(23)15-6-4-5-7-16(15)20(21)24/h4-5,8-9,15-16H,6-7,10-11H2,1-3H3/t15-,16-/m1/s1. The van der Waals surface area contributed by atoms with Gasteiger partial charge >= 0.3 is 5.97 Å². The van der Waals surface area contributed by atoms with Gasteiger partial charge in [0.15, 0.2) is 0 Å². The second kappa shape index (κ2) is 6.82. The summed E-state index contributed by atoms with van der Waals surface area (Å²) in [7, 11) is 0. The molecule has 5 heteroatoms. The van der Waals surface area contributed by atoms with Gasteiger partial charge in [-0.05, 0) is 50.3 Å². The van der Waals surface area contributed by atoms with E-state index in [4.69, 9.17) is 4.74 Å². The number of likely N-dealkylation sites (tertiary alicyclic amines) is 1. The van der Waals surface area contributed by atoms with Crippen molar-refractivity contribution in [3.05, 3.63) is 41.0 Å². The Balaban J connectivity index is 1.63. The summed E-state index contributed by atoms with van der Waals surface area (Å²) in [5.41, 5.74) is 2.87. The lowest BCUT2D eigenvalue weighted by Crippen LogP contribution is -2.33. The molecular formula is C20H23NO4. The third-order valence-electron chi connectivity index (χ3n) is 5.23. The van der Waals surface area contributed by atoms with E-state index >= 15 is 0 Å². The maximum atomic E-state index is 12.4. The van der Waals surface area contributed by atoms with E-state index < -0.39 is 5.97 Å². The Labute approximate surface area is 147 Å². The predicted molar refractivity (Wildman–Crippen MR) is 93.0 cm³/mol. The molecule has 2 atom stereocenters. The first-order valence-electron chi connectivity index (χ1n) is 8.68. The maximum Gasteiger partial charge on any atom is 0.313 e. The first-order chi connectivity index (χ1) is 11.9. The van der Waals surface area contributed by atoms with Crippen LogP contribution in [0, 0.1) is 32.6 Å². The molecule has 132 valence electrons. The summed E-state index contributed by atoms with van der Waals surface area (Å²) in [5, 5.41) is 0. The Morgan fingerprint density at radius 1 is 1.04 bits per heavy atom. The molecule has 25 heavy (non-hydrogen) atoms. The van der Waals surface area contributed by atoms with Gasteiger partial charge in [-0.1, -0.05) is 24.3 Å². The number of carbonyl (C=O) groups excluding carboxylic acids is 3. The molecule has 0 radical (unpaired) electrons. The van der Waals surface area contributed by atoms with Crippen LogP contribution in [0.2, 0.25) is 0 Å². The molecule has 1 heterocycles. The second-order valence-electron chi connectivity index (χ2n) is 6.86. The predicted octanol–water partition coefficient (Wildman–Crippen LogP) is 2.86. The van der Waals surface area contributed by atoms with Crippen LogP contribution >= 0.6 is 0 Å². The summed E-state index contributed by atoms with van der Waals surface area (Å²) >= 11 is 0. The number of hydrogen-bond acceptors (Lipinski definition) is 4. The van der Waals surface area contributed by atoms with Gasteiger partial charge < -0.3 is 4.74 Å². The zero-order chi connectivity index (χ0) is 18.1.